The molecule has 0 unspecified atom stereocenters. The van der Waals surface area contributed by atoms with E-state index >= 15 is 0 Å². The van der Waals surface area contributed by atoms with Crippen LogP contribution in [0.15, 0.2) is 30.6 Å². The van der Waals surface area contributed by atoms with Gasteiger partial charge in [0.15, 0.2) is 0 Å². The fourth-order valence-electron chi connectivity index (χ4n) is 7.17. The van der Waals surface area contributed by atoms with E-state index in [-0.39, 0.29) is 28.9 Å². The number of ether oxygens (including phenoxy) is 2. The van der Waals surface area contributed by atoms with Crippen LogP contribution in [-0.2, 0) is 16.1 Å². The molecule has 32 heavy (non-hydrogen) atoms. The summed E-state index contributed by atoms with van der Waals surface area (Å²) in [5, 5.41) is 3.37. The molecule has 1 N–H and O–H groups in total. The second kappa shape index (κ2) is 7.62. The standard InChI is InChI=1S/C26H35N3O3/c1-16-27-9-10-29(16)15-19-12-18(6-7-22(19)31-5)23-21-13-20-14-26(21,8-11-32-23)24(25(20,3)4)28-17(2)30/h6-7,9-10,12,20-21,23-24H,8,11,13-15H2,1-5H3,(H,28,30)/t20-,21-,23-,24+,26-/m1/s1. The highest BCUT2D eigenvalue weighted by Crippen LogP contribution is 2.70. The van der Waals surface area contributed by atoms with E-state index in [9.17, 15) is 4.79 Å². The third kappa shape index (κ3) is 3.18. The van der Waals surface area contributed by atoms with Gasteiger partial charge in [-0.25, -0.2) is 4.98 Å². The summed E-state index contributed by atoms with van der Waals surface area (Å²) in [6, 6.07) is 6.70. The number of benzene rings is 1. The average molecular weight is 438 g/mol. The number of nitrogens with zero attached hydrogens (tertiary/aromatic N) is 2. The predicted octanol–water partition coefficient (Wildman–Crippen LogP) is 4.27. The Morgan fingerprint density at radius 3 is 2.88 bits per heavy atom. The van der Waals surface area contributed by atoms with Crippen LogP contribution in [0.3, 0.4) is 0 Å². The molecule has 1 aromatic heterocycles. The highest BCUT2D eigenvalue weighted by atomic mass is 16.5. The SMILES string of the molecule is COc1ccc([C@H]2OCC[C@@]34C[C@@H](C[C@H]23)C(C)(C)[C@@H]4NC(C)=O)cc1Cn1ccnc1C. The minimum atomic E-state index is 0.0506. The normalized spacial score (nSPS) is 32.5. The maximum atomic E-state index is 12.1. The minimum absolute atomic E-state index is 0.0506. The Balaban J connectivity index is 1.49. The third-order valence-corrected chi connectivity index (χ3v) is 8.75. The van der Waals surface area contributed by atoms with Gasteiger partial charge in [-0.05, 0) is 66.5 Å². The Morgan fingerprint density at radius 1 is 1.38 bits per heavy atom. The zero-order chi connectivity index (χ0) is 22.7. The zero-order valence-corrected chi connectivity index (χ0v) is 19.9. The van der Waals surface area contributed by atoms with Gasteiger partial charge in [-0.15, -0.1) is 0 Å². The molecule has 3 fully saturated rings. The average Bonchev–Trinajstić information content (AvgIpc) is 3.40. The molecule has 1 amide bonds. The second-order valence-corrected chi connectivity index (χ2v) is 10.6. The number of nitrogens with one attached hydrogen (secondary N) is 1. The molecule has 1 aliphatic heterocycles. The lowest BCUT2D eigenvalue weighted by molar-refractivity contribution is -0.136. The van der Waals surface area contributed by atoms with E-state index in [0.29, 0.717) is 11.8 Å². The number of carbonyl (C=O) groups excluding carboxylic acids is 1. The first kappa shape index (κ1) is 21.5. The van der Waals surface area contributed by atoms with Crippen molar-refractivity contribution in [3.63, 3.8) is 0 Å². The molecule has 6 heteroatoms. The summed E-state index contributed by atoms with van der Waals surface area (Å²) in [6.07, 6.45) is 7.26. The van der Waals surface area contributed by atoms with Crippen molar-refractivity contribution in [2.24, 2.45) is 22.7 Å². The van der Waals surface area contributed by atoms with Crippen LogP contribution in [0.1, 0.15) is 63.1 Å². The van der Waals surface area contributed by atoms with Gasteiger partial charge in [0, 0.05) is 37.5 Å². The smallest absolute Gasteiger partial charge is 0.217 e. The van der Waals surface area contributed by atoms with E-state index in [1.807, 2.05) is 19.3 Å². The Kier molecular flexibility index (Phi) is 5.12. The number of aromatic nitrogens is 2. The molecule has 2 aromatic rings. The number of methoxy groups -OCH3 is 1. The van der Waals surface area contributed by atoms with E-state index in [4.69, 9.17) is 9.47 Å². The Morgan fingerprint density at radius 2 is 2.19 bits per heavy atom. The molecule has 2 saturated carbocycles. The van der Waals surface area contributed by atoms with Crippen molar-refractivity contribution < 1.29 is 14.3 Å². The van der Waals surface area contributed by atoms with E-state index in [1.165, 1.54) is 12.0 Å². The second-order valence-electron chi connectivity index (χ2n) is 10.6. The molecule has 2 bridgehead atoms. The molecular weight excluding hydrogens is 402 g/mol. The van der Waals surface area contributed by atoms with Crippen molar-refractivity contribution in [3.8, 4) is 5.75 Å². The van der Waals surface area contributed by atoms with Crippen LogP contribution in [0.5, 0.6) is 5.75 Å². The van der Waals surface area contributed by atoms with Gasteiger partial charge in [0.25, 0.3) is 0 Å². The number of hydrogen-bond donors (Lipinski definition) is 1. The lowest BCUT2D eigenvalue weighted by Crippen LogP contribution is -2.58. The van der Waals surface area contributed by atoms with Crippen LogP contribution >= 0.6 is 0 Å². The Labute approximate surface area is 190 Å². The van der Waals surface area contributed by atoms with Crippen molar-refractivity contribution in [2.45, 2.75) is 65.6 Å². The number of imidazole rings is 1. The molecule has 5 atom stereocenters. The molecule has 6 nitrogen and oxygen atoms in total. The first-order valence-corrected chi connectivity index (χ1v) is 11.8. The summed E-state index contributed by atoms with van der Waals surface area (Å²) in [6.45, 7) is 9.80. The molecule has 2 heterocycles. The minimum Gasteiger partial charge on any atom is -0.496 e. The molecule has 5 rings (SSSR count). The van der Waals surface area contributed by atoms with Gasteiger partial charge in [-0.3, -0.25) is 4.79 Å². The predicted molar refractivity (Wildman–Crippen MR) is 122 cm³/mol. The maximum Gasteiger partial charge on any atom is 0.217 e. The summed E-state index contributed by atoms with van der Waals surface area (Å²) in [5.74, 6) is 2.98. The molecule has 172 valence electrons. The fraction of sp³-hybridized carbons (Fsp3) is 0.615. The molecule has 2 aliphatic carbocycles. The molecule has 0 radical (unpaired) electrons. The first-order valence-electron chi connectivity index (χ1n) is 11.8. The van der Waals surface area contributed by atoms with Crippen molar-refractivity contribution in [3.05, 3.63) is 47.5 Å². The summed E-state index contributed by atoms with van der Waals surface area (Å²) >= 11 is 0. The van der Waals surface area contributed by atoms with Crippen LogP contribution in [0.25, 0.3) is 0 Å². The molecule has 3 aliphatic rings. The summed E-state index contributed by atoms with van der Waals surface area (Å²) in [5.41, 5.74) is 2.59. The Bertz CT molecular complexity index is 1030. The summed E-state index contributed by atoms with van der Waals surface area (Å²) < 4.78 is 14.3. The van der Waals surface area contributed by atoms with Crippen molar-refractivity contribution in [2.75, 3.05) is 13.7 Å². The van der Waals surface area contributed by atoms with Gasteiger partial charge in [-0.1, -0.05) is 19.9 Å². The highest BCUT2D eigenvalue weighted by Gasteiger charge is 2.68. The van der Waals surface area contributed by atoms with Gasteiger partial charge in [0.05, 0.1) is 19.8 Å². The fourth-order valence-corrected chi connectivity index (χ4v) is 7.17. The molecule has 1 spiro atoms. The number of aryl methyl sites for hydroxylation is 1. The highest BCUT2D eigenvalue weighted by molar-refractivity contribution is 5.73. The number of rotatable bonds is 5. The van der Waals surface area contributed by atoms with E-state index < -0.39 is 0 Å². The summed E-state index contributed by atoms with van der Waals surface area (Å²) in [7, 11) is 1.72. The topological polar surface area (TPSA) is 65.4 Å². The maximum absolute atomic E-state index is 12.1. The Hall–Kier alpha value is -2.34. The van der Waals surface area contributed by atoms with Gasteiger partial charge in [0.2, 0.25) is 5.91 Å². The largest absolute Gasteiger partial charge is 0.496 e. The first-order chi connectivity index (χ1) is 15.3. The summed E-state index contributed by atoms with van der Waals surface area (Å²) in [4.78, 5) is 16.5. The lowest BCUT2D eigenvalue weighted by atomic mass is 9.59. The van der Waals surface area contributed by atoms with Crippen molar-refractivity contribution >= 4 is 5.91 Å². The monoisotopic (exact) mass is 437 g/mol. The number of fused-ring (bicyclic) bond motifs is 1. The number of amides is 1. The van der Waals surface area contributed by atoms with Crippen LogP contribution in [0.4, 0.5) is 0 Å². The van der Waals surface area contributed by atoms with Crippen molar-refractivity contribution in [1.82, 2.24) is 14.9 Å². The number of carbonyl (C=O) groups is 1. The van der Waals surface area contributed by atoms with Crippen LogP contribution in [0.2, 0.25) is 0 Å². The van der Waals surface area contributed by atoms with Crippen LogP contribution in [-0.4, -0.2) is 35.2 Å². The zero-order valence-electron chi connectivity index (χ0n) is 19.9. The molecular formula is C26H35N3O3. The third-order valence-electron chi connectivity index (χ3n) is 8.75. The molecule has 1 saturated heterocycles. The van der Waals surface area contributed by atoms with E-state index in [2.05, 4.69) is 46.9 Å². The van der Waals surface area contributed by atoms with Gasteiger partial charge in [0.1, 0.15) is 11.6 Å². The van der Waals surface area contributed by atoms with E-state index in [1.54, 1.807) is 14.0 Å². The number of hydrogen-bond acceptors (Lipinski definition) is 4. The van der Waals surface area contributed by atoms with Crippen molar-refractivity contribution in [1.29, 1.82) is 0 Å². The van der Waals surface area contributed by atoms with Gasteiger partial charge >= 0.3 is 0 Å². The molecule has 1 aromatic carbocycles. The quantitative estimate of drug-likeness (QED) is 0.759. The van der Waals surface area contributed by atoms with E-state index in [0.717, 1.165) is 43.1 Å². The lowest BCUT2D eigenvalue weighted by Gasteiger charge is -2.53. The van der Waals surface area contributed by atoms with Crippen LogP contribution < -0.4 is 10.1 Å². The van der Waals surface area contributed by atoms with Gasteiger partial charge in [-0.2, -0.15) is 0 Å². The van der Waals surface area contributed by atoms with Gasteiger partial charge < -0.3 is 19.4 Å². The van der Waals surface area contributed by atoms with Crippen LogP contribution in [0, 0.1) is 29.6 Å².